The number of thiazole rings is 1. The summed E-state index contributed by atoms with van der Waals surface area (Å²) >= 11 is 1.75. The van der Waals surface area contributed by atoms with E-state index in [4.69, 9.17) is 5.73 Å². The van der Waals surface area contributed by atoms with Gasteiger partial charge in [-0.1, -0.05) is 0 Å². The molecule has 17 heavy (non-hydrogen) atoms. The number of nitrogen functional groups attached to an aromatic ring is 1. The second-order valence-electron chi connectivity index (χ2n) is 4.17. The molecule has 2 aromatic rings. The van der Waals surface area contributed by atoms with Crippen LogP contribution in [0.4, 0.5) is 11.4 Å². The molecule has 0 radical (unpaired) electrons. The van der Waals surface area contributed by atoms with E-state index in [1.54, 1.807) is 11.3 Å². The number of hydrogen-bond donors (Lipinski definition) is 2. The topological polar surface area (TPSA) is 50.9 Å². The minimum Gasteiger partial charge on any atom is -0.399 e. The first-order chi connectivity index (χ1) is 8.06. The predicted octanol–water partition coefficient (Wildman–Crippen LogP) is 3.52. The zero-order valence-corrected chi connectivity index (χ0v) is 11.1. The van der Waals surface area contributed by atoms with Crippen LogP contribution in [0.2, 0.25) is 0 Å². The lowest BCUT2D eigenvalue weighted by Gasteiger charge is -2.14. The van der Waals surface area contributed by atoms with E-state index >= 15 is 0 Å². The van der Waals surface area contributed by atoms with Crippen molar-refractivity contribution in [1.29, 1.82) is 0 Å². The third kappa shape index (κ3) is 2.77. The summed E-state index contributed by atoms with van der Waals surface area (Å²) in [5.41, 5.74) is 8.64. The molecule has 90 valence electrons. The normalized spacial score (nSPS) is 12.4. The number of nitrogens with zero attached hydrogens (tertiary/aromatic N) is 1. The Morgan fingerprint density at radius 1 is 1.24 bits per heavy atom. The van der Waals surface area contributed by atoms with E-state index in [1.165, 1.54) is 4.88 Å². The Labute approximate surface area is 106 Å². The van der Waals surface area contributed by atoms with Crippen LogP contribution in [-0.4, -0.2) is 4.98 Å². The molecule has 0 saturated carbocycles. The second kappa shape index (κ2) is 4.75. The van der Waals surface area contributed by atoms with Gasteiger partial charge in [0, 0.05) is 16.3 Å². The summed E-state index contributed by atoms with van der Waals surface area (Å²) in [6.07, 6.45) is 0. The van der Waals surface area contributed by atoms with E-state index in [-0.39, 0.29) is 6.04 Å². The molecule has 0 aliphatic heterocycles. The molecular formula is C13H17N3S. The molecule has 4 heteroatoms. The lowest BCUT2D eigenvalue weighted by Crippen LogP contribution is -2.06. The van der Waals surface area contributed by atoms with Gasteiger partial charge < -0.3 is 11.1 Å². The van der Waals surface area contributed by atoms with Gasteiger partial charge in [0.1, 0.15) is 0 Å². The van der Waals surface area contributed by atoms with Gasteiger partial charge in [-0.25, -0.2) is 4.98 Å². The summed E-state index contributed by atoms with van der Waals surface area (Å²) in [6.45, 7) is 6.24. The van der Waals surface area contributed by atoms with Crippen LogP contribution in [0.3, 0.4) is 0 Å². The van der Waals surface area contributed by atoms with Crippen LogP contribution < -0.4 is 11.1 Å². The van der Waals surface area contributed by atoms with Crippen molar-refractivity contribution < 1.29 is 0 Å². The maximum absolute atomic E-state index is 5.66. The second-order valence-corrected chi connectivity index (χ2v) is 5.41. The number of nitrogens with two attached hydrogens (primary N) is 1. The molecule has 0 fully saturated rings. The fourth-order valence-electron chi connectivity index (χ4n) is 1.84. The van der Waals surface area contributed by atoms with Crippen molar-refractivity contribution in [2.45, 2.75) is 26.8 Å². The first kappa shape index (κ1) is 11.9. The van der Waals surface area contributed by atoms with Gasteiger partial charge >= 0.3 is 0 Å². The molecule has 3 nitrogen and oxygen atoms in total. The molecular weight excluding hydrogens is 230 g/mol. The van der Waals surface area contributed by atoms with Crippen LogP contribution in [-0.2, 0) is 0 Å². The van der Waals surface area contributed by atoms with Gasteiger partial charge in [0.2, 0.25) is 0 Å². The quantitative estimate of drug-likeness (QED) is 0.816. The average molecular weight is 247 g/mol. The number of aromatic nitrogens is 1. The Morgan fingerprint density at radius 3 is 2.41 bits per heavy atom. The molecule has 0 aliphatic carbocycles. The van der Waals surface area contributed by atoms with Crippen molar-refractivity contribution in [2.24, 2.45) is 0 Å². The lowest BCUT2D eigenvalue weighted by atomic mass is 10.2. The van der Waals surface area contributed by atoms with Gasteiger partial charge in [-0.05, 0) is 45.0 Å². The standard InChI is InChI=1S/C13H17N3S/c1-8-13(17-10(3)15-8)9(2)16-12-6-4-11(14)5-7-12/h4-7,9,16H,14H2,1-3H3. The molecule has 0 amide bonds. The third-order valence-electron chi connectivity index (χ3n) is 2.63. The van der Waals surface area contributed by atoms with Crippen molar-refractivity contribution in [3.8, 4) is 0 Å². The lowest BCUT2D eigenvalue weighted by molar-refractivity contribution is 0.890. The van der Waals surface area contributed by atoms with Crippen molar-refractivity contribution in [3.63, 3.8) is 0 Å². The van der Waals surface area contributed by atoms with Crippen molar-refractivity contribution in [1.82, 2.24) is 4.98 Å². The Bertz CT molecular complexity index is 502. The van der Waals surface area contributed by atoms with E-state index in [0.29, 0.717) is 0 Å². The summed E-state index contributed by atoms with van der Waals surface area (Å²) in [5.74, 6) is 0. The van der Waals surface area contributed by atoms with Gasteiger partial charge in [-0.2, -0.15) is 0 Å². The smallest absolute Gasteiger partial charge is 0.0900 e. The summed E-state index contributed by atoms with van der Waals surface area (Å²) in [7, 11) is 0. The Hall–Kier alpha value is -1.55. The largest absolute Gasteiger partial charge is 0.399 e. The molecule has 1 aromatic heterocycles. The van der Waals surface area contributed by atoms with Gasteiger partial charge in [0.05, 0.1) is 16.7 Å². The SMILES string of the molecule is Cc1nc(C)c(C(C)Nc2ccc(N)cc2)s1. The van der Waals surface area contributed by atoms with Gasteiger partial charge in [0.15, 0.2) is 0 Å². The predicted molar refractivity (Wildman–Crippen MR) is 74.5 cm³/mol. The van der Waals surface area contributed by atoms with E-state index < -0.39 is 0 Å². The van der Waals surface area contributed by atoms with Crippen LogP contribution in [0.5, 0.6) is 0 Å². The van der Waals surface area contributed by atoms with E-state index in [2.05, 4.69) is 24.1 Å². The Balaban J connectivity index is 2.14. The number of hydrogen-bond acceptors (Lipinski definition) is 4. The van der Waals surface area contributed by atoms with Gasteiger partial charge in [-0.15, -0.1) is 11.3 Å². The summed E-state index contributed by atoms with van der Waals surface area (Å²) in [4.78, 5) is 5.74. The highest BCUT2D eigenvalue weighted by atomic mass is 32.1. The first-order valence-corrected chi connectivity index (χ1v) is 6.44. The maximum Gasteiger partial charge on any atom is 0.0900 e. The van der Waals surface area contributed by atoms with E-state index in [1.807, 2.05) is 31.2 Å². The molecule has 1 aromatic carbocycles. The third-order valence-corrected chi connectivity index (χ3v) is 3.88. The molecule has 0 spiro atoms. The van der Waals surface area contributed by atoms with Crippen LogP contribution >= 0.6 is 11.3 Å². The first-order valence-electron chi connectivity index (χ1n) is 5.62. The number of nitrogens with one attached hydrogen (secondary N) is 1. The number of rotatable bonds is 3. The fraction of sp³-hybridized carbons (Fsp3) is 0.308. The summed E-state index contributed by atoms with van der Waals surface area (Å²) < 4.78 is 0. The molecule has 1 atom stereocenters. The van der Waals surface area contributed by atoms with Crippen LogP contribution in [0.25, 0.3) is 0 Å². The van der Waals surface area contributed by atoms with Crippen LogP contribution in [0, 0.1) is 13.8 Å². The van der Waals surface area contributed by atoms with E-state index in [0.717, 1.165) is 22.1 Å². The van der Waals surface area contributed by atoms with Crippen molar-refractivity contribution >= 4 is 22.7 Å². The van der Waals surface area contributed by atoms with Crippen molar-refractivity contribution in [2.75, 3.05) is 11.1 Å². The maximum atomic E-state index is 5.66. The Morgan fingerprint density at radius 2 is 1.88 bits per heavy atom. The van der Waals surface area contributed by atoms with Crippen LogP contribution in [0.1, 0.15) is 28.5 Å². The molecule has 1 heterocycles. The number of anilines is 2. The zero-order chi connectivity index (χ0) is 12.4. The highest BCUT2D eigenvalue weighted by Gasteiger charge is 2.12. The number of aryl methyl sites for hydroxylation is 2. The minimum atomic E-state index is 0.268. The fourth-order valence-corrected chi connectivity index (χ4v) is 2.77. The monoisotopic (exact) mass is 247 g/mol. The van der Waals surface area contributed by atoms with Crippen LogP contribution in [0.15, 0.2) is 24.3 Å². The molecule has 2 rings (SSSR count). The van der Waals surface area contributed by atoms with E-state index in [9.17, 15) is 0 Å². The zero-order valence-electron chi connectivity index (χ0n) is 10.3. The molecule has 0 saturated heterocycles. The highest BCUT2D eigenvalue weighted by molar-refractivity contribution is 7.11. The van der Waals surface area contributed by atoms with Gasteiger partial charge in [-0.3, -0.25) is 0 Å². The van der Waals surface area contributed by atoms with Gasteiger partial charge in [0.25, 0.3) is 0 Å². The number of benzene rings is 1. The summed E-state index contributed by atoms with van der Waals surface area (Å²) in [6, 6.07) is 8.06. The average Bonchev–Trinajstić information content (AvgIpc) is 2.61. The molecule has 3 N–H and O–H groups in total. The molecule has 1 unspecified atom stereocenters. The Kier molecular flexibility index (Phi) is 3.33. The highest BCUT2D eigenvalue weighted by Crippen LogP contribution is 2.27. The summed E-state index contributed by atoms with van der Waals surface area (Å²) in [5, 5.41) is 4.57. The van der Waals surface area contributed by atoms with Crippen molar-refractivity contribution in [3.05, 3.63) is 39.8 Å². The molecule has 0 bridgehead atoms. The molecule has 0 aliphatic rings. The minimum absolute atomic E-state index is 0.268.